The third kappa shape index (κ3) is 5.79. The molecule has 0 aliphatic carbocycles. The van der Waals surface area contributed by atoms with Crippen molar-refractivity contribution < 1.29 is 18.0 Å². The van der Waals surface area contributed by atoms with Crippen LogP contribution in [0.15, 0.2) is 63.3 Å². The van der Waals surface area contributed by atoms with E-state index in [1.54, 1.807) is 56.3 Å². The number of rotatable bonds is 6. The van der Waals surface area contributed by atoms with Crippen LogP contribution in [0.25, 0.3) is 6.08 Å². The molecule has 1 aliphatic heterocycles. The summed E-state index contributed by atoms with van der Waals surface area (Å²) in [5.41, 5.74) is 1.58. The molecule has 168 valence electrons. The van der Waals surface area contributed by atoms with E-state index in [-0.39, 0.29) is 21.9 Å². The largest absolute Gasteiger partial charge is 0.301 e. The summed E-state index contributed by atoms with van der Waals surface area (Å²) in [5, 5.41) is 3.33. The zero-order chi connectivity index (χ0) is 23.5. The number of carbonyl (C=O) groups excluding carboxylic acids is 2. The molecule has 2 aromatic rings. The van der Waals surface area contributed by atoms with Gasteiger partial charge in [-0.3, -0.25) is 9.59 Å². The van der Waals surface area contributed by atoms with Crippen LogP contribution < -0.4 is 10.0 Å². The molecule has 0 aromatic heterocycles. The molecule has 2 amide bonds. The van der Waals surface area contributed by atoms with E-state index in [1.807, 2.05) is 6.92 Å². The minimum Gasteiger partial charge on any atom is -0.301 e. The van der Waals surface area contributed by atoms with E-state index in [0.717, 1.165) is 17.3 Å². The molecule has 1 heterocycles. The molecule has 1 aliphatic rings. The monoisotopic (exact) mass is 491 g/mol. The van der Waals surface area contributed by atoms with Crippen LogP contribution in [0.4, 0.5) is 0 Å². The van der Waals surface area contributed by atoms with Gasteiger partial charge in [-0.05, 0) is 54.4 Å². The summed E-state index contributed by atoms with van der Waals surface area (Å²) in [6.07, 6.45) is 1.64. The molecule has 32 heavy (non-hydrogen) atoms. The second-order valence-corrected chi connectivity index (χ2v) is 10.6. The number of benzene rings is 2. The van der Waals surface area contributed by atoms with Gasteiger partial charge in [-0.2, -0.15) is 0 Å². The van der Waals surface area contributed by atoms with Crippen molar-refractivity contribution in [3.05, 3.63) is 69.6 Å². The second-order valence-electron chi connectivity index (χ2n) is 7.49. The quantitative estimate of drug-likeness (QED) is 0.599. The van der Waals surface area contributed by atoms with Gasteiger partial charge in [-0.1, -0.05) is 61.3 Å². The number of nitrogens with one attached hydrogen (secondary N) is 2. The molecule has 1 atom stereocenters. The van der Waals surface area contributed by atoms with Gasteiger partial charge >= 0.3 is 0 Å². The Morgan fingerprint density at radius 1 is 1.16 bits per heavy atom. The van der Waals surface area contributed by atoms with E-state index in [4.69, 9.17) is 11.6 Å². The number of amidine groups is 1. The van der Waals surface area contributed by atoms with Crippen molar-refractivity contribution in [2.24, 2.45) is 10.9 Å². The predicted molar refractivity (Wildman–Crippen MR) is 128 cm³/mol. The first-order valence-corrected chi connectivity index (χ1v) is 12.4. The fraction of sp³-hybridized carbons (Fsp3) is 0.227. The molecule has 1 saturated heterocycles. The molecular formula is C22H22ClN3O4S2. The summed E-state index contributed by atoms with van der Waals surface area (Å²) in [6, 6.07) is 12.2. The highest BCUT2D eigenvalue weighted by Gasteiger charge is 2.30. The van der Waals surface area contributed by atoms with Crippen LogP contribution in [0.3, 0.4) is 0 Å². The van der Waals surface area contributed by atoms with Gasteiger partial charge in [-0.15, -0.1) is 0 Å². The van der Waals surface area contributed by atoms with Gasteiger partial charge < -0.3 is 5.32 Å². The lowest BCUT2D eigenvalue weighted by Gasteiger charge is -2.17. The van der Waals surface area contributed by atoms with E-state index in [9.17, 15) is 18.0 Å². The van der Waals surface area contributed by atoms with Crippen LogP contribution in [0, 0.1) is 12.8 Å². The van der Waals surface area contributed by atoms with Gasteiger partial charge in [-0.25, -0.2) is 18.1 Å². The van der Waals surface area contributed by atoms with Crippen molar-refractivity contribution in [1.29, 1.82) is 0 Å². The Morgan fingerprint density at radius 2 is 1.81 bits per heavy atom. The average molecular weight is 492 g/mol. The Morgan fingerprint density at radius 3 is 2.44 bits per heavy atom. The lowest BCUT2D eigenvalue weighted by Crippen LogP contribution is -2.41. The Bertz CT molecular complexity index is 1210. The molecule has 0 saturated carbocycles. The minimum absolute atomic E-state index is 0.0138. The van der Waals surface area contributed by atoms with Gasteiger partial charge in [0.05, 0.1) is 9.80 Å². The third-order valence-electron chi connectivity index (χ3n) is 4.57. The molecule has 0 bridgehead atoms. The standard InChI is InChI=1S/C22H22ClN3O4S2/c1-13(2)19(21(28)26-32(29,30)16-10-8-14(3)9-11-16)24-22-25-20(27)18(31-22)12-15-6-4-5-7-17(15)23/h4-13,19H,1-3H3,(H,26,28)(H,24,25,27)/b18-12-/t19-/m0/s1. The molecule has 7 nitrogen and oxygen atoms in total. The third-order valence-corrected chi connectivity index (χ3v) is 7.20. The number of aliphatic imine (C=N–C) groups is 1. The number of nitrogens with zero attached hydrogens (tertiary/aromatic N) is 1. The number of hydrogen-bond acceptors (Lipinski definition) is 6. The van der Waals surface area contributed by atoms with Crippen LogP contribution in [-0.2, 0) is 19.6 Å². The van der Waals surface area contributed by atoms with Crippen LogP contribution in [0.2, 0.25) is 5.02 Å². The Labute approximate surface area is 196 Å². The Balaban J connectivity index is 1.80. The molecule has 2 aromatic carbocycles. The highest BCUT2D eigenvalue weighted by molar-refractivity contribution is 8.18. The maximum Gasteiger partial charge on any atom is 0.264 e. The predicted octanol–water partition coefficient (Wildman–Crippen LogP) is 3.74. The van der Waals surface area contributed by atoms with Crippen molar-refractivity contribution in [2.75, 3.05) is 0 Å². The van der Waals surface area contributed by atoms with Crippen LogP contribution in [0.1, 0.15) is 25.0 Å². The fourth-order valence-corrected chi connectivity index (χ4v) is 4.86. The van der Waals surface area contributed by atoms with Crippen molar-refractivity contribution in [2.45, 2.75) is 31.7 Å². The lowest BCUT2D eigenvalue weighted by atomic mass is 10.1. The number of thioether (sulfide) groups is 1. The smallest absolute Gasteiger partial charge is 0.264 e. The summed E-state index contributed by atoms with van der Waals surface area (Å²) < 4.78 is 27.3. The van der Waals surface area contributed by atoms with E-state index in [1.165, 1.54) is 12.1 Å². The normalized spacial score (nSPS) is 17.6. The van der Waals surface area contributed by atoms with Gasteiger partial charge in [0, 0.05) is 5.02 Å². The highest BCUT2D eigenvalue weighted by atomic mass is 35.5. The number of sulfonamides is 1. The van der Waals surface area contributed by atoms with Crippen molar-refractivity contribution >= 4 is 56.4 Å². The van der Waals surface area contributed by atoms with E-state index < -0.39 is 22.0 Å². The van der Waals surface area contributed by atoms with Crippen molar-refractivity contribution in [3.63, 3.8) is 0 Å². The SMILES string of the molecule is Cc1ccc(S(=O)(=O)NC(=O)[C@@H](N=C2NC(=O)/C(=C/c3ccccc3Cl)S2)C(C)C)cc1. The molecule has 10 heteroatoms. The van der Waals surface area contributed by atoms with Crippen LogP contribution >= 0.6 is 23.4 Å². The van der Waals surface area contributed by atoms with Gasteiger partial charge in [0.25, 0.3) is 21.8 Å². The first kappa shape index (κ1) is 24.0. The first-order valence-electron chi connectivity index (χ1n) is 9.73. The van der Waals surface area contributed by atoms with Gasteiger partial charge in [0.2, 0.25) is 0 Å². The Kier molecular flexibility index (Phi) is 7.43. The van der Waals surface area contributed by atoms with Crippen LogP contribution in [-0.4, -0.2) is 31.4 Å². The highest BCUT2D eigenvalue weighted by Crippen LogP contribution is 2.29. The number of aryl methyl sites for hydroxylation is 1. The second kappa shape index (κ2) is 9.89. The fourth-order valence-electron chi connectivity index (χ4n) is 2.83. The van der Waals surface area contributed by atoms with Gasteiger partial charge in [0.1, 0.15) is 6.04 Å². The first-order chi connectivity index (χ1) is 15.1. The van der Waals surface area contributed by atoms with E-state index >= 15 is 0 Å². The Hall–Kier alpha value is -2.62. The molecule has 0 spiro atoms. The molecule has 3 rings (SSSR count). The summed E-state index contributed by atoms with van der Waals surface area (Å²) in [4.78, 5) is 29.8. The molecule has 1 fully saturated rings. The van der Waals surface area contributed by atoms with Gasteiger partial charge in [0.15, 0.2) is 5.17 Å². The number of halogens is 1. The topological polar surface area (TPSA) is 105 Å². The minimum atomic E-state index is -4.04. The van der Waals surface area contributed by atoms with E-state index in [0.29, 0.717) is 15.5 Å². The van der Waals surface area contributed by atoms with Crippen LogP contribution in [0.5, 0.6) is 0 Å². The molecular weight excluding hydrogens is 470 g/mol. The molecule has 2 N–H and O–H groups in total. The average Bonchev–Trinajstić information content (AvgIpc) is 3.06. The molecule has 0 unspecified atom stereocenters. The zero-order valence-corrected chi connectivity index (χ0v) is 20.0. The van der Waals surface area contributed by atoms with E-state index in [2.05, 4.69) is 15.0 Å². The number of hydrogen-bond donors (Lipinski definition) is 2. The summed E-state index contributed by atoms with van der Waals surface area (Å²) in [7, 11) is -4.04. The number of amides is 2. The summed E-state index contributed by atoms with van der Waals surface area (Å²) in [5.74, 6) is -1.46. The maximum absolute atomic E-state index is 12.8. The molecule has 0 radical (unpaired) electrons. The summed E-state index contributed by atoms with van der Waals surface area (Å²) >= 11 is 7.21. The lowest BCUT2D eigenvalue weighted by molar-refractivity contribution is -0.121. The summed E-state index contributed by atoms with van der Waals surface area (Å²) in [6.45, 7) is 5.32. The van der Waals surface area contributed by atoms with Crippen molar-refractivity contribution in [1.82, 2.24) is 10.0 Å². The zero-order valence-electron chi connectivity index (χ0n) is 17.6. The maximum atomic E-state index is 12.8. The van der Waals surface area contributed by atoms with Crippen molar-refractivity contribution in [3.8, 4) is 0 Å². The number of carbonyl (C=O) groups is 2.